The number of nitrogens with one attached hydrogen (secondary N) is 1. The lowest BCUT2D eigenvalue weighted by atomic mass is 10.2. The van der Waals surface area contributed by atoms with Crippen molar-refractivity contribution in [1.82, 2.24) is 10.2 Å². The average Bonchev–Trinajstić information content (AvgIpc) is 2.73. The normalized spacial score (nSPS) is 12.6. The molecule has 0 saturated heterocycles. The maximum atomic E-state index is 12.1. The van der Waals surface area contributed by atoms with Crippen molar-refractivity contribution in [2.24, 2.45) is 5.92 Å². The Morgan fingerprint density at radius 2 is 2.05 bits per heavy atom. The van der Waals surface area contributed by atoms with Gasteiger partial charge < -0.3 is 9.73 Å². The summed E-state index contributed by atoms with van der Waals surface area (Å²) in [4.78, 5) is 1.61. The molecule has 0 amide bonds. The first kappa shape index (κ1) is 17.0. The maximum Gasteiger partial charge on any atom is 0.390 e. The number of hydrogen-bond acceptors (Lipinski definition) is 3. The van der Waals surface area contributed by atoms with Crippen molar-refractivity contribution in [2.75, 3.05) is 20.1 Å². The van der Waals surface area contributed by atoms with Crippen LogP contribution in [0.2, 0.25) is 0 Å². The van der Waals surface area contributed by atoms with Crippen molar-refractivity contribution in [3.05, 3.63) is 23.7 Å². The third-order valence-corrected chi connectivity index (χ3v) is 2.79. The van der Waals surface area contributed by atoms with E-state index in [1.807, 2.05) is 6.07 Å². The Balaban J connectivity index is 2.32. The fraction of sp³-hybridized carbons (Fsp3) is 0.714. The predicted octanol–water partition coefficient (Wildman–Crippen LogP) is 3.41. The van der Waals surface area contributed by atoms with Crippen molar-refractivity contribution in [1.29, 1.82) is 0 Å². The molecule has 0 bridgehead atoms. The van der Waals surface area contributed by atoms with Gasteiger partial charge in [0.25, 0.3) is 0 Å². The zero-order valence-electron chi connectivity index (χ0n) is 12.3. The standard InChI is InChI=1S/C14H23F3N2O/c1-11(2)7-18-8-12-6-13(20-10-12)9-19(3)5-4-14(15,16)17/h6,10-11,18H,4-5,7-9H2,1-3H3. The van der Waals surface area contributed by atoms with Gasteiger partial charge in [-0.1, -0.05) is 13.8 Å². The van der Waals surface area contributed by atoms with E-state index in [2.05, 4.69) is 19.2 Å². The molecule has 0 spiro atoms. The molecule has 3 nitrogen and oxygen atoms in total. The van der Waals surface area contributed by atoms with Gasteiger partial charge in [-0.3, -0.25) is 4.90 Å². The van der Waals surface area contributed by atoms with Gasteiger partial charge in [-0.15, -0.1) is 0 Å². The van der Waals surface area contributed by atoms with Crippen LogP contribution in [0.4, 0.5) is 13.2 Å². The fourth-order valence-corrected chi connectivity index (χ4v) is 1.77. The van der Waals surface area contributed by atoms with Gasteiger partial charge in [0.1, 0.15) is 5.76 Å². The Bertz CT molecular complexity index is 388. The molecule has 20 heavy (non-hydrogen) atoms. The van der Waals surface area contributed by atoms with Crippen LogP contribution in [-0.4, -0.2) is 31.2 Å². The minimum Gasteiger partial charge on any atom is -0.468 e. The first-order valence-electron chi connectivity index (χ1n) is 6.78. The van der Waals surface area contributed by atoms with Crippen LogP contribution in [0.3, 0.4) is 0 Å². The summed E-state index contributed by atoms with van der Waals surface area (Å²) in [6.07, 6.45) is -3.25. The van der Waals surface area contributed by atoms with Crippen LogP contribution in [-0.2, 0) is 13.1 Å². The Labute approximate surface area is 118 Å². The molecule has 0 aliphatic heterocycles. The largest absolute Gasteiger partial charge is 0.468 e. The predicted molar refractivity (Wildman–Crippen MR) is 72.3 cm³/mol. The molecule has 0 atom stereocenters. The summed E-state index contributed by atoms with van der Waals surface area (Å²) in [5, 5.41) is 3.29. The number of rotatable bonds is 8. The SMILES string of the molecule is CC(C)CNCc1coc(CN(C)CCC(F)(F)F)c1. The molecular formula is C14H23F3N2O. The average molecular weight is 292 g/mol. The maximum absolute atomic E-state index is 12.1. The molecule has 0 fully saturated rings. The summed E-state index contributed by atoms with van der Waals surface area (Å²) in [5.74, 6) is 1.27. The van der Waals surface area contributed by atoms with E-state index < -0.39 is 12.6 Å². The van der Waals surface area contributed by atoms with Gasteiger partial charge in [0.05, 0.1) is 19.2 Å². The molecule has 0 radical (unpaired) electrons. The van der Waals surface area contributed by atoms with Crippen molar-refractivity contribution in [2.45, 2.75) is 39.5 Å². The van der Waals surface area contributed by atoms with E-state index in [9.17, 15) is 13.2 Å². The second kappa shape index (κ2) is 7.69. The topological polar surface area (TPSA) is 28.4 Å². The van der Waals surface area contributed by atoms with E-state index in [0.717, 1.165) is 12.1 Å². The highest BCUT2D eigenvalue weighted by Gasteiger charge is 2.27. The number of nitrogens with zero attached hydrogens (tertiary/aromatic N) is 1. The van der Waals surface area contributed by atoms with Crippen LogP contribution >= 0.6 is 0 Å². The lowest BCUT2D eigenvalue weighted by Gasteiger charge is -2.15. The molecule has 0 unspecified atom stereocenters. The van der Waals surface area contributed by atoms with Crippen molar-refractivity contribution >= 4 is 0 Å². The van der Waals surface area contributed by atoms with Crippen LogP contribution < -0.4 is 5.32 Å². The molecule has 1 N–H and O–H groups in total. The Morgan fingerprint density at radius 3 is 2.65 bits per heavy atom. The highest BCUT2D eigenvalue weighted by Crippen LogP contribution is 2.20. The number of furan rings is 1. The zero-order chi connectivity index (χ0) is 15.2. The molecule has 116 valence electrons. The summed E-state index contributed by atoms with van der Waals surface area (Å²) < 4.78 is 41.7. The van der Waals surface area contributed by atoms with Crippen LogP contribution in [0.15, 0.2) is 16.7 Å². The monoisotopic (exact) mass is 292 g/mol. The minimum absolute atomic E-state index is 0.0227. The van der Waals surface area contributed by atoms with Crippen molar-refractivity contribution in [3.63, 3.8) is 0 Å². The Morgan fingerprint density at radius 1 is 1.35 bits per heavy atom. The van der Waals surface area contributed by atoms with E-state index in [1.54, 1.807) is 18.2 Å². The molecule has 0 aliphatic rings. The van der Waals surface area contributed by atoms with Gasteiger partial charge in [0, 0.05) is 18.7 Å². The molecule has 0 aromatic carbocycles. The third kappa shape index (κ3) is 7.55. The van der Waals surface area contributed by atoms with E-state index in [0.29, 0.717) is 24.8 Å². The van der Waals surface area contributed by atoms with Gasteiger partial charge >= 0.3 is 6.18 Å². The lowest BCUT2D eigenvalue weighted by Crippen LogP contribution is -2.23. The second-order valence-electron chi connectivity index (χ2n) is 5.55. The highest BCUT2D eigenvalue weighted by molar-refractivity contribution is 5.12. The number of alkyl halides is 3. The van der Waals surface area contributed by atoms with Gasteiger partial charge in [-0.05, 0) is 25.6 Å². The van der Waals surface area contributed by atoms with E-state index in [-0.39, 0.29) is 6.54 Å². The molecular weight excluding hydrogens is 269 g/mol. The van der Waals surface area contributed by atoms with Gasteiger partial charge in [-0.25, -0.2) is 0 Å². The molecule has 0 saturated carbocycles. The molecule has 0 aliphatic carbocycles. The van der Waals surface area contributed by atoms with Crippen LogP contribution in [0, 0.1) is 5.92 Å². The smallest absolute Gasteiger partial charge is 0.390 e. The fourth-order valence-electron chi connectivity index (χ4n) is 1.77. The first-order valence-corrected chi connectivity index (χ1v) is 6.78. The second-order valence-corrected chi connectivity index (χ2v) is 5.55. The van der Waals surface area contributed by atoms with Crippen molar-refractivity contribution < 1.29 is 17.6 Å². The Hall–Kier alpha value is -1.01. The molecule has 1 aromatic rings. The molecule has 6 heteroatoms. The van der Waals surface area contributed by atoms with E-state index in [1.165, 1.54) is 0 Å². The molecule has 1 heterocycles. The van der Waals surface area contributed by atoms with E-state index in [4.69, 9.17) is 4.42 Å². The van der Waals surface area contributed by atoms with Gasteiger partial charge in [0.2, 0.25) is 0 Å². The van der Waals surface area contributed by atoms with Gasteiger partial charge in [0.15, 0.2) is 0 Å². The number of halogens is 3. The number of hydrogen-bond donors (Lipinski definition) is 1. The highest BCUT2D eigenvalue weighted by atomic mass is 19.4. The minimum atomic E-state index is -4.11. The van der Waals surface area contributed by atoms with Crippen LogP contribution in [0.1, 0.15) is 31.6 Å². The van der Waals surface area contributed by atoms with E-state index >= 15 is 0 Å². The van der Waals surface area contributed by atoms with Crippen LogP contribution in [0.5, 0.6) is 0 Å². The quantitative estimate of drug-likeness (QED) is 0.796. The molecule has 1 aromatic heterocycles. The summed E-state index contributed by atoms with van der Waals surface area (Å²) in [5.41, 5.74) is 1.02. The zero-order valence-corrected chi connectivity index (χ0v) is 12.3. The summed E-state index contributed by atoms with van der Waals surface area (Å²) in [7, 11) is 1.66. The summed E-state index contributed by atoms with van der Waals surface area (Å²) in [6, 6.07) is 1.89. The van der Waals surface area contributed by atoms with Crippen LogP contribution in [0.25, 0.3) is 0 Å². The van der Waals surface area contributed by atoms with Gasteiger partial charge in [-0.2, -0.15) is 13.2 Å². The molecule has 1 rings (SSSR count). The first-order chi connectivity index (χ1) is 9.26. The summed E-state index contributed by atoms with van der Waals surface area (Å²) >= 11 is 0. The third-order valence-electron chi connectivity index (χ3n) is 2.79. The van der Waals surface area contributed by atoms with Crippen molar-refractivity contribution in [3.8, 4) is 0 Å². The summed E-state index contributed by atoms with van der Waals surface area (Å²) in [6.45, 7) is 6.26. The lowest BCUT2D eigenvalue weighted by molar-refractivity contribution is -0.137. The Kier molecular flexibility index (Phi) is 6.55.